The highest BCUT2D eigenvalue weighted by atomic mass is 16.7. The summed E-state index contributed by atoms with van der Waals surface area (Å²) in [6.45, 7) is 2.52. The number of ether oxygens (including phenoxy) is 3. The number of aliphatic hydroxyl groups is 4. The van der Waals surface area contributed by atoms with Crippen molar-refractivity contribution < 1.29 is 64.0 Å². The number of carboxylic acid groups (broad SMARTS) is 2. The molecule has 14 heteroatoms. The summed E-state index contributed by atoms with van der Waals surface area (Å²) in [7, 11) is 0. The molecule has 7 N–H and O–H groups in total. The molecule has 1 saturated heterocycles. The van der Waals surface area contributed by atoms with Gasteiger partial charge >= 0.3 is 17.9 Å². The number of aliphatic carboxylic acids is 2. The highest BCUT2D eigenvalue weighted by molar-refractivity contribution is 6.01. The van der Waals surface area contributed by atoms with E-state index in [1.54, 1.807) is 19.1 Å². The molecule has 0 radical (unpaired) electrons. The van der Waals surface area contributed by atoms with Crippen molar-refractivity contribution in [3.05, 3.63) is 53.6 Å². The molecule has 42 heavy (non-hydrogen) atoms. The lowest BCUT2D eigenvalue weighted by Crippen LogP contribution is -2.62. The van der Waals surface area contributed by atoms with E-state index in [4.69, 9.17) is 19.3 Å². The molecule has 2 aliphatic rings. The quantitative estimate of drug-likeness (QED) is 0.0966. The molecule has 2 heterocycles. The first kappa shape index (κ1) is 32.8. The number of rotatable bonds is 12. The second kappa shape index (κ2) is 14.0. The van der Waals surface area contributed by atoms with Gasteiger partial charge in [-0.1, -0.05) is 43.4 Å². The molecular weight excluding hydrogens is 558 g/mol. The van der Waals surface area contributed by atoms with Crippen LogP contribution in [0.3, 0.4) is 0 Å². The predicted octanol–water partition coefficient (Wildman–Crippen LogP) is 0.0404. The van der Waals surface area contributed by atoms with E-state index >= 15 is 0 Å². The summed E-state index contributed by atoms with van der Waals surface area (Å²) in [4.78, 5) is 48.0. The van der Waals surface area contributed by atoms with Gasteiger partial charge in [-0.2, -0.15) is 0 Å². The Balaban J connectivity index is 1.66. The molecule has 2 aliphatic heterocycles. The van der Waals surface area contributed by atoms with Crippen LogP contribution in [-0.2, 0) is 39.0 Å². The van der Waals surface area contributed by atoms with Crippen molar-refractivity contribution in [2.24, 2.45) is 5.92 Å². The minimum Gasteiger partial charge on any atom is -0.481 e. The van der Waals surface area contributed by atoms with Gasteiger partial charge in [-0.15, -0.1) is 0 Å². The summed E-state index contributed by atoms with van der Waals surface area (Å²) in [6, 6.07) is 6.00. The number of hydrogen-bond acceptors (Lipinski definition) is 11. The van der Waals surface area contributed by atoms with Gasteiger partial charge in [-0.05, 0) is 25.3 Å². The van der Waals surface area contributed by atoms with Crippen molar-refractivity contribution in [1.82, 2.24) is 0 Å². The Bertz CT molecular complexity index is 1230. The van der Waals surface area contributed by atoms with Crippen molar-refractivity contribution in [2.45, 2.75) is 75.5 Å². The Hall–Kier alpha value is -3.66. The molecule has 230 valence electrons. The van der Waals surface area contributed by atoms with Crippen molar-refractivity contribution >= 4 is 29.5 Å². The third-order valence-corrected chi connectivity index (χ3v) is 7.11. The van der Waals surface area contributed by atoms with Crippen LogP contribution in [0, 0.1) is 5.92 Å². The molecule has 0 bridgehead atoms. The number of allylic oxidation sites excluding steroid dienone is 3. The number of amides is 1. The van der Waals surface area contributed by atoms with E-state index in [-0.39, 0.29) is 29.2 Å². The normalized spacial score (nSPS) is 29.3. The minimum absolute atomic E-state index is 0.0797. The zero-order chi connectivity index (χ0) is 31.2. The molecule has 14 nitrogen and oxygen atoms in total. The van der Waals surface area contributed by atoms with Gasteiger partial charge in [0, 0.05) is 16.8 Å². The average molecular weight is 594 g/mol. The summed E-state index contributed by atoms with van der Waals surface area (Å²) in [6.07, 6.45) is -5.93. The topological polar surface area (TPSA) is 229 Å². The Labute approximate surface area is 240 Å². The van der Waals surface area contributed by atoms with Crippen LogP contribution in [0.5, 0.6) is 0 Å². The minimum atomic E-state index is -2.29. The smallest absolute Gasteiger partial charge is 0.341 e. The summed E-state index contributed by atoms with van der Waals surface area (Å²) < 4.78 is 16.4. The Kier molecular flexibility index (Phi) is 11.0. The fourth-order valence-electron chi connectivity index (χ4n) is 4.54. The average Bonchev–Trinajstić information content (AvgIpc) is 2.93. The van der Waals surface area contributed by atoms with Crippen molar-refractivity contribution in [2.75, 3.05) is 11.9 Å². The van der Waals surface area contributed by atoms with Crippen LogP contribution < -0.4 is 5.32 Å². The molecule has 0 aromatic heterocycles. The molecule has 1 amide bonds. The summed E-state index contributed by atoms with van der Waals surface area (Å²) >= 11 is 0. The Morgan fingerprint density at radius 2 is 1.83 bits per heavy atom. The van der Waals surface area contributed by atoms with Gasteiger partial charge in [-0.25, -0.2) is 9.59 Å². The maximum Gasteiger partial charge on any atom is 0.341 e. The number of carbonyl (C=O) groups excluding carboxylic acids is 2. The van der Waals surface area contributed by atoms with Crippen LogP contribution in [0.15, 0.2) is 48.1 Å². The van der Waals surface area contributed by atoms with E-state index in [0.29, 0.717) is 6.42 Å². The van der Waals surface area contributed by atoms with Crippen molar-refractivity contribution in [1.29, 1.82) is 0 Å². The maximum atomic E-state index is 12.5. The van der Waals surface area contributed by atoms with Crippen LogP contribution >= 0.6 is 0 Å². The second-order valence-corrected chi connectivity index (χ2v) is 10.3. The molecule has 8 atom stereocenters. The lowest BCUT2D eigenvalue weighted by Gasteiger charge is -2.44. The number of carbonyl (C=O) groups is 4. The summed E-state index contributed by atoms with van der Waals surface area (Å²) in [5.41, 5.74) is -1.90. The third kappa shape index (κ3) is 7.59. The maximum absolute atomic E-state index is 12.5. The number of para-hydroxylation sites is 1. The SMILES string of the molecule is C/C(=C\C=C/C[C@H](C)[C@H](O)CC(=O)O)C(=O)OC[C@H]1O[C@@H](O[C@@]2(C(=O)O)CC(=O)Nc3ccccc32)[C@H](O)[C@@H](O)[C@@H]1O. The number of benzene rings is 1. The van der Waals surface area contributed by atoms with Gasteiger partial charge in [0.25, 0.3) is 0 Å². The summed E-state index contributed by atoms with van der Waals surface area (Å²) in [5.74, 6) is -4.49. The second-order valence-electron chi connectivity index (χ2n) is 10.3. The van der Waals surface area contributed by atoms with Gasteiger partial charge in [0.2, 0.25) is 11.5 Å². The zero-order valence-corrected chi connectivity index (χ0v) is 23.0. The first-order chi connectivity index (χ1) is 19.8. The van der Waals surface area contributed by atoms with Crippen LogP contribution in [0.4, 0.5) is 5.69 Å². The lowest BCUT2D eigenvalue weighted by molar-refractivity contribution is -0.327. The number of hydrogen-bond donors (Lipinski definition) is 7. The van der Waals surface area contributed by atoms with E-state index in [1.165, 1.54) is 37.3 Å². The molecule has 0 spiro atoms. The highest BCUT2D eigenvalue weighted by Crippen LogP contribution is 2.41. The Morgan fingerprint density at radius 3 is 2.50 bits per heavy atom. The van der Waals surface area contributed by atoms with E-state index in [2.05, 4.69) is 5.32 Å². The number of aliphatic hydroxyl groups excluding tert-OH is 4. The molecule has 0 unspecified atom stereocenters. The molecule has 1 fully saturated rings. The van der Waals surface area contributed by atoms with Crippen molar-refractivity contribution in [3.8, 4) is 0 Å². The Morgan fingerprint density at radius 1 is 1.14 bits per heavy atom. The van der Waals surface area contributed by atoms with Gasteiger partial charge in [0.05, 0.1) is 18.9 Å². The molecule has 0 aliphatic carbocycles. The standard InChI is InChI=1S/C28H35NO13/c1-14(18(30)11-21(32)33)7-3-4-8-15(2)25(37)40-13-19-22(34)23(35)24(36)26(41-19)42-28(27(38)39)12-20(31)29-17-10-6-5-9-16(17)28/h3-6,8-10,14,18-19,22-24,26,30,34-36H,7,11-13H2,1-2H3,(H,29,31)(H,32,33)(H,38,39)/b4-3-,15-8+/t14-,18+,19+,22+,23-,24+,26-,28-/m0/s1. The molecule has 0 saturated carbocycles. The van der Waals surface area contributed by atoms with E-state index in [1.807, 2.05) is 0 Å². The van der Waals surface area contributed by atoms with E-state index < -0.39 is 79.3 Å². The fraction of sp³-hybridized carbons (Fsp3) is 0.500. The molecule has 1 aromatic carbocycles. The third-order valence-electron chi connectivity index (χ3n) is 7.11. The largest absolute Gasteiger partial charge is 0.481 e. The van der Waals surface area contributed by atoms with Gasteiger partial charge in [0.1, 0.15) is 31.0 Å². The van der Waals surface area contributed by atoms with Crippen LogP contribution in [0.25, 0.3) is 0 Å². The van der Waals surface area contributed by atoms with Crippen molar-refractivity contribution in [3.63, 3.8) is 0 Å². The first-order valence-electron chi connectivity index (χ1n) is 13.2. The number of nitrogens with one attached hydrogen (secondary N) is 1. The number of esters is 1. The number of fused-ring (bicyclic) bond motifs is 1. The van der Waals surface area contributed by atoms with E-state index in [9.17, 15) is 44.7 Å². The summed E-state index contributed by atoms with van der Waals surface area (Å²) in [5, 5.41) is 62.6. The van der Waals surface area contributed by atoms with Crippen LogP contribution in [-0.4, -0.2) is 97.9 Å². The van der Waals surface area contributed by atoms with Gasteiger partial charge in [0.15, 0.2) is 6.29 Å². The first-order valence-corrected chi connectivity index (χ1v) is 13.2. The van der Waals surface area contributed by atoms with Crippen LogP contribution in [0.1, 0.15) is 38.7 Å². The van der Waals surface area contributed by atoms with Gasteiger partial charge < -0.3 is 50.2 Å². The van der Waals surface area contributed by atoms with Gasteiger partial charge in [-0.3, -0.25) is 9.59 Å². The van der Waals surface area contributed by atoms with Crippen LogP contribution in [0.2, 0.25) is 0 Å². The lowest BCUT2D eigenvalue weighted by atomic mass is 9.85. The molecular formula is C28H35NO13. The fourth-order valence-corrected chi connectivity index (χ4v) is 4.54. The highest BCUT2D eigenvalue weighted by Gasteiger charge is 2.54. The number of carboxylic acids is 2. The molecule has 3 rings (SSSR count). The number of anilines is 1. The zero-order valence-electron chi connectivity index (χ0n) is 23.0. The van der Waals surface area contributed by atoms with E-state index in [0.717, 1.165) is 0 Å². The predicted molar refractivity (Wildman–Crippen MR) is 143 cm³/mol. The molecule has 1 aromatic rings. The monoisotopic (exact) mass is 593 g/mol.